The zero-order chi connectivity index (χ0) is 11.5. The number of halogens is 1. The predicted molar refractivity (Wildman–Crippen MR) is 64.7 cm³/mol. The van der Waals surface area contributed by atoms with E-state index in [0.29, 0.717) is 10.6 Å². The lowest BCUT2D eigenvalue weighted by molar-refractivity contribution is 0.651. The largest absolute Gasteiger partial charge is 0.264 e. The lowest BCUT2D eigenvalue weighted by Gasteiger charge is -2.12. The van der Waals surface area contributed by atoms with Crippen molar-refractivity contribution in [1.29, 1.82) is 0 Å². The monoisotopic (exact) mass is 244 g/mol. The number of hydrogen-bond acceptors (Lipinski definition) is 2. The van der Waals surface area contributed by atoms with E-state index in [0.717, 1.165) is 0 Å². The number of hydrogen-bond donors (Lipinski definition) is 0. The molecule has 3 nitrogen and oxygen atoms in total. The molecule has 15 heavy (non-hydrogen) atoms. The highest BCUT2D eigenvalue weighted by Gasteiger charge is 2.18. The molecule has 0 saturated heterocycles. The average molecular weight is 245 g/mol. The van der Waals surface area contributed by atoms with Crippen LogP contribution in [0.1, 0.15) is 26.3 Å². The topological polar surface area (TPSA) is 42.3 Å². The van der Waals surface area contributed by atoms with Crippen molar-refractivity contribution in [3.8, 4) is 0 Å². The molecule has 0 saturated carbocycles. The van der Waals surface area contributed by atoms with Gasteiger partial charge in [0.2, 0.25) is 0 Å². The molecule has 1 heterocycles. The van der Waals surface area contributed by atoms with Gasteiger partial charge >= 0.3 is 0 Å². The predicted octanol–water partition coefficient (Wildman–Crippen LogP) is 2.62. The van der Waals surface area contributed by atoms with Crippen LogP contribution in [0, 0.1) is 0 Å². The first kappa shape index (κ1) is 12.3. The molecule has 0 fully saturated rings. The molecule has 0 N–H and O–H groups in total. The zero-order valence-electron chi connectivity index (χ0n) is 8.90. The van der Waals surface area contributed by atoms with Crippen LogP contribution >= 0.6 is 11.6 Å². The summed E-state index contributed by atoms with van der Waals surface area (Å²) in [6.45, 7) is 5.60. The van der Waals surface area contributed by atoms with Gasteiger partial charge in [0.15, 0.2) is 0 Å². The maximum Gasteiger partial charge on any atom is 0.144 e. The molecule has 1 rings (SSSR count). The maximum atomic E-state index is 11.6. The Bertz CT molecular complexity index is 399. The van der Waals surface area contributed by atoms with Crippen molar-refractivity contribution in [3.63, 3.8) is 0 Å². The van der Waals surface area contributed by atoms with Gasteiger partial charge in [-0.25, -0.2) is 4.21 Å². The van der Waals surface area contributed by atoms with Crippen molar-refractivity contribution in [2.75, 3.05) is 0 Å². The molecule has 0 amide bonds. The Balaban J connectivity index is 2.84. The summed E-state index contributed by atoms with van der Waals surface area (Å²) in [4.78, 5) is 3.91. The average Bonchev–Trinajstić information content (AvgIpc) is 2.14. The second-order valence-electron chi connectivity index (χ2n) is 3.99. The van der Waals surface area contributed by atoms with Gasteiger partial charge in [-0.1, -0.05) is 11.6 Å². The van der Waals surface area contributed by atoms with Gasteiger partial charge in [-0.15, -0.1) is 0 Å². The molecule has 0 unspecified atom stereocenters. The second-order valence-corrected chi connectivity index (χ2v) is 6.33. The first-order valence-electron chi connectivity index (χ1n) is 4.47. The SMILES string of the molecule is CC(C)(C)[S@](=O)N=Cc1cnccc1Cl. The molecule has 1 aromatic rings. The number of nitrogens with zero attached hydrogens (tertiary/aromatic N) is 2. The molecule has 82 valence electrons. The Kier molecular flexibility index (Phi) is 3.99. The zero-order valence-corrected chi connectivity index (χ0v) is 10.5. The van der Waals surface area contributed by atoms with Crippen LogP contribution in [0.2, 0.25) is 5.02 Å². The first-order valence-corrected chi connectivity index (χ1v) is 5.95. The standard InChI is InChI=1S/C10H13ClN2OS/c1-10(2,3)15(14)13-7-8-6-12-5-4-9(8)11/h4-7H,1-3H3/t15-/m0/s1. The van der Waals surface area contributed by atoms with Crippen LogP contribution in [0.3, 0.4) is 0 Å². The molecule has 1 atom stereocenters. The highest BCUT2D eigenvalue weighted by molar-refractivity contribution is 7.85. The fraction of sp³-hybridized carbons (Fsp3) is 0.400. The van der Waals surface area contributed by atoms with Crippen LogP contribution in [0.4, 0.5) is 0 Å². The molecule has 0 aliphatic carbocycles. The Labute approximate surface area is 97.2 Å². The van der Waals surface area contributed by atoms with Crippen molar-refractivity contribution in [1.82, 2.24) is 4.98 Å². The first-order chi connectivity index (χ1) is 6.91. The van der Waals surface area contributed by atoms with Gasteiger partial charge < -0.3 is 0 Å². The third-order valence-electron chi connectivity index (χ3n) is 1.61. The van der Waals surface area contributed by atoms with Crippen LogP contribution in [0.25, 0.3) is 0 Å². The maximum absolute atomic E-state index is 11.6. The molecule has 1 aromatic heterocycles. The van der Waals surface area contributed by atoms with E-state index in [-0.39, 0.29) is 4.75 Å². The van der Waals surface area contributed by atoms with E-state index in [9.17, 15) is 4.21 Å². The minimum absolute atomic E-state index is 0.356. The quantitative estimate of drug-likeness (QED) is 0.751. The summed E-state index contributed by atoms with van der Waals surface area (Å²) in [5, 5.41) is 0.555. The second kappa shape index (κ2) is 4.86. The Morgan fingerprint density at radius 3 is 2.73 bits per heavy atom. The van der Waals surface area contributed by atoms with Gasteiger partial charge in [0, 0.05) is 24.2 Å². The van der Waals surface area contributed by atoms with Crippen molar-refractivity contribution < 1.29 is 4.21 Å². The highest BCUT2D eigenvalue weighted by Crippen LogP contribution is 2.14. The fourth-order valence-electron chi connectivity index (χ4n) is 0.747. The highest BCUT2D eigenvalue weighted by atomic mass is 35.5. The van der Waals surface area contributed by atoms with Crippen molar-refractivity contribution in [2.24, 2.45) is 4.40 Å². The van der Waals surface area contributed by atoms with Gasteiger partial charge in [-0.2, -0.15) is 4.40 Å². The molecule has 0 bridgehead atoms. The summed E-state index contributed by atoms with van der Waals surface area (Å²) >= 11 is 5.89. The summed E-state index contributed by atoms with van der Waals surface area (Å²) < 4.78 is 15.2. The van der Waals surface area contributed by atoms with E-state index in [1.165, 1.54) is 6.21 Å². The van der Waals surface area contributed by atoms with Crippen LogP contribution in [0.5, 0.6) is 0 Å². The Morgan fingerprint density at radius 1 is 1.53 bits per heavy atom. The minimum atomic E-state index is -1.26. The van der Waals surface area contributed by atoms with Crippen molar-refractivity contribution >= 4 is 28.8 Å². The Morgan fingerprint density at radius 2 is 2.20 bits per heavy atom. The fourth-order valence-corrected chi connectivity index (χ4v) is 1.43. The van der Waals surface area contributed by atoms with Gasteiger partial charge in [0.05, 0.1) is 9.77 Å². The summed E-state index contributed by atoms with van der Waals surface area (Å²) in [7, 11) is -1.26. The van der Waals surface area contributed by atoms with Gasteiger partial charge in [-0.05, 0) is 26.8 Å². The van der Waals surface area contributed by atoms with Crippen molar-refractivity contribution in [3.05, 3.63) is 29.0 Å². The van der Waals surface area contributed by atoms with Gasteiger partial charge in [0.25, 0.3) is 0 Å². The number of aromatic nitrogens is 1. The lowest BCUT2D eigenvalue weighted by atomic mass is 10.3. The molecule has 5 heteroatoms. The summed E-state index contributed by atoms with van der Waals surface area (Å²) in [6.07, 6.45) is 4.68. The van der Waals surface area contributed by atoms with E-state index in [2.05, 4.69) is 9.38 Å². The van der Waals surface area contributed by atoms with Gasteiger partial charge in [-0.3, -0.25) is 4.98 Å². The number of pyridine rings is 1. The molecule has 0 aliphatic rings. The minimum Gasteiger partial charge on any atom is -0.264 e. The van der Waals surface area contributed by atoms with Crippen LogP contribution in [-0.2, 0) is 11.0 Å². The van der Waals surface area contributed by atoms with E-state index < -0.39 is 11.0 Å². The van der Waals surface area contributed by atoms with Crippen LogP contribution < -0.4 is 0 Å². The van der Waals surface area contributed by atoms with Crippen LogP contribution in [0.15, 0.2) is 22.9 Å². The Hall–Kier alpha value is -0.740. The summed E-state index contributed by atoms with van der Waals surface area (Å²) in [6, 6.07) is 1.67. The van der Waals surface area contributed by atoms with E-state index >= 15 is 0 Å². The normalized spacial score (nSPS) is 14.4. The van der Waals surface area contributed by atoms with Gasteiger partial charge in [0.1, 0.15) is 11.0 Å². The number of rotatable bonds is 2. The lowest BCUT2D eigenvalue weighted by Crippen LogP contribution is -2.19. The smallest absolute Gasteiger partial charge is 0.144 e. The summed E-state index contributed by atoms with van der Waals surface area (Å²) in [5.41, 5.74) is 0.678. The molecule has 0 radical (unpaired) electrons. The molecule has 0 spiro atoms. The van der Waals surface area contributed by atoms with E-state index in [1.54, 1.807) is 18.5 Å². The van der Waals surface area contributed by atoms with Crippen LogP contribution in [-0.4, -0.2) is 20.2 Å². The van der Waals surface area contributed by atoms with Crippen molar-refractivity contribution in [2.45, 2.75) is 25.5 Å². The molecule has 0 aliphatic heterocycles. The molecule has 0 aromatic carbocycles. The third-order valence-corrected chi connectivity index (χ3v) is 3.30. The molecular weight excluding hydrogens is 232 g/mol. The van der Waals surface area contributed by atoms with E-state index in [1.807, 2.05) is 20.8 Å². The summed E-state index contributed by atoms with van der Waals surface area (Å²) in [5.74, 6) is 0. The molecular formula is C10H13ClN2OS. The van der Waals surface area contributed by atoms with E-state index in [4.69, 9.17) is 11.6 Å². The third kappa shape index (κ3) is 3.72.